The minimum absolute atomic E-state index is 0.616. The van der Waals surface area contributed by atoms with Crippen molar-refractivity contribution in [3.8, 4) is 62.1 Å². The van der Waals surface area contributed by atoms with Crippen molar-refractivity contribution in [2.24, 2.45) is 0 Å². The molecule has 0 aliphatic rings. The van der Waals surface area contributed by atoms with Gasteiger partial charge in [-0.25, -0.2) is 15.0 Å². The van der Waals surface area contributed by atoms with Crippen LogP contribution < -0.4 is 0 Å². The highest BCUT2D eigenvalue weighted by Crippen LogP contribution is 2.46. The van der Waals surface area contributed by atoms with Gasteiger partial charge in [0, 0.05) is 53.2 Å². The summed E-state index contributed by atoms with van der Waals surface area (Å²) < 4.78 is 4.99. The lowest BCUT2D eigenvalue weighted by Gasteiger charge is -2.17. The van der Waals surface area contributed by atoms with Gasteiger partial charge in [-0.15, -0.1) is 11.3 Å². The van der Waals surface area contributed by atoms with Gasteiger partial charge in [-0.3, -0.25) is 0 Å². The maximum absolute atomic E-state index is 5.28. The molecule has 0 bridgehead atoms. The van der Waals surface area contributed by atoms with E-state index < -0.39 is 0 Å². The molecule has 0 aliphatic carbocycles. The fourth-order valence-electron chi connectivity index (χ4n) is 9.60. The highest BCUT2D eigenvalue weighted by Gasteiger charge is 2.22. The Kier molecular flexibility index (Phi) is 8.36. The zero-order chi connectivity index (χ0) is 42.1. The molecule has 3 heterocycles. The number of para-hydroxylation sites is 1. The van der Waals surface area contributed by atoms with Crippen LogP contribution in [-0.4, -0.2) is 19.5 Å². The van der Waals surface area contributed by atoms with E-state index in [1.54, 1.807) is 0 Å². The molecule has 64 heavy (non-hydrogen) atoms. The van der Waals surface area contributed by atoms with E-state index in [1.165, 1.54) is 58.1 Å². The van der Waals surface area contributed by atoms with Gasteiger partial charge < -0.3 is 4.57 Å². The molecule has 13 rings (SSSR count). The first-order valence-corrected chi connectivity index (χ1v) is 22.4. The summed E-state index contributed by atoms with van der Waals surface area (Å²) in [6, 6.07) is 78.2. The van der Waals surface area contributed by atoms with Gasteiger partial charge in [-0.2, -0.15) is 0 Å². The Morgan fingerprint density at radius 2 is 0.875 bits per heavy atom. The van der Waals surface area contributed by atoms with E-state index in [9.17, 15) is 0 Å². The Bertz CT molecular complexity index is 3940. The average molecular weight is 833 g/mol. The van der Waals surface area contributed by atoms with Crippen LogP contribution in [-0.2, 0) is 0 Å². The zero-order valence-electron chi connectivity index (χ0n) is 34.5. The van der Waals surface area contributed by atoms with E-state index in [4.69, 9.17) is 15.0 Å². The Morgan fingerprint density at radius 3 is 1.64 bits per heavy atom. The van der Waals surface area contributed by atoms with E-state index >= 15 is 0 Å². The smallest absolute Gasteiger partial charge is 0.164 e. The number of hydrogen-bond acceptors (Lipinski definition) is 4. The van der Waals surface area contributed by atoms with Crippen LogP contribution in [0.4, 0.5) is 0 Å². The number of rotatable bonds is 6. The predicted molar refractivity (Wildman–Crippen MR) is 269 cm³/mol. The third-order valence-electron chi connectivity index (χ3n) is 12.6. The summed E-state index contributed by atoms with van der Waals surface area (Å²) >= 11 is 1.85. The van der Waals surface area contributed by atoms with Crippen LogP contribution in [0.1, 0.15) is 0 Å². The van der Waals surface area contributed by atoms with Crippen LogP contribution in [0.5, 0.6) is 0 Å². The van der Waals surface area contributed by atoms with Crippen molar-refractivity contribution < 1.29 is 0 Å². The molecule has 0 amide bonds. The van der Waals surface area contributed by atoms with Crippen molar-refractivity contribution in [1.82, 2.24) is 19.5 Å². The topological polar surface area (TPSA) is 43.6 Å². The van der Waals surface area contributed by atoms with Crippen LogP contribution in [0.15, 0.2) is 218 Å². The second kappa shape index (κ2) is 14.7. The van der Waals surface area contributed by atoms with Gasteiger partial charge in [0.05, 0.1) is 16.7 Å². The quantitative estimate of drug-likeness (QED) is 0.168. The zero-order valence-corrected chi connectivity index (χ0v) is 35.3. The monoisotopic (exact) mass is 832 g/mol. The number of hydrogen-bond donors (Lipinski definition) is 0. The number of nitrogens with zero attached hydrogens (tertiary/aromatic N) is 4. The third kappa shape index (κ3) is 5.93. The molecule has 0 saturated carbocycles. The van der Waals surface area contributed by atoms with Crippen molar-refractivity contribution in [3.63, 3.8) is 0 Å². The first kappa shape index (κ1) is 36.4. The number of benzene rings is 10. The molecule has 0 unspecified atom stereocenters. The summed E-state index contributed by atoms with van der Waals surface area (Å²) in [5, 5.41) is 9.90. The van der Waals surface area contributed by atoms with Crippen molar-refractivity contribution in [1.29, 1.82) is 0 Å². The summed E-state index contributed by atoms with van der Waals surface area (Å²) in [7, 11) is 0. The first-order chi connectivity index (χ1) is 31.7. The van der Waals surface area contributed by atoms with Gasteiger partial charge in [-0.1, -0.05) is 170 Å². The minimum Gasteiger partial charge on any atom is -0.309 e. The molecule has 0 spiro atoms. The van der Waals surface area contributed by atoms with Crippen LogP contribution in [0.3, 0.4) is 0 Å². The van der Waals surface area contributed by atoms with Crippen molar-refractivity contribution >= 4 is 74.9 Å². The maximum Gasteiger partial charge on any atom is 0.164 e. The molecule has 4 nitrogen and oxygen atoms in total. The van der Waals surface area contributed by atoms with Crippen molar-refractivity contribution in [2.45, 2.75) is 0 Å². The molecule has 13 aromatic rings. The van der Waals surface area contributed by atoms with Gasteiger partial charge in [0.25, 0.3) is 0 Å². The minimum atomic E-state index is 0.616. The number of thiophene rings is 1. The normalized spacial score (nSPS) is 11.8. The van der Waals surface area contributed by atoms with Crippen LogP contribution in [0.2, 0.25) is 0 Å². The second-order valence-corrected chi connectivity index (χ2v) is 17.4. The van der Waals surface area contributed by atoms with Crippen molar-refractivity contribution in [3.05, 3.63) is 218 Å². The highest BCUT2D eigenvalue weighted by atomic mass is 32.1. The highest BCUT2D eigenvalue weighted by molar-refractivity contribution is 7.26. The molecule has 0 fully saturated rings. The van der Waals surface area contributed by atoms with E-state index in [1.807, 2.05) is 35.6 Å². The molecule has 298 valence electrons. The van der Waals surface area contributed by atoms with Gasteiger partial charge >= 0.3 is 0 Å². The molecule has 0 radical (unpaired) electrons. The van der Waals surface area contributed by atoms with E-state index in [2.05, 4.69) is 199 Å². The predicted octanol–water partition coefficient (Wildman–Crippen LogP) is 16.0. The first-order valence-electron chi connectivity index (χ1n) is 21.6. The lowest BCUT2D eigenvalue weighted by molar-refractivity contribution is 1.07. The lowest BCUT2D eigenvalue weighted by Crippen LogP contribution is -2.02. The standard InChI is InChI=1S/C59H36N4S/c1-3-14-37(15-4-1)38-26-28-41(29-27-38)58-60-57(40-17-5-2-6-18-40)61-59(62-58)44-30-32-51(63-50-24-12-11-22-46(50)48-34-42-19-7-8-20-43(42)36-52(48)63)49(35-44)47-23-13-25-53-56(47)55-45-21-10-9-16-39(45)31-33-54(55)64-53/h1-36H. The molecule has 5 heteroatoms. The molecule has 0 aliphatic heterocycles. The Labute approximate surface area is 373 Å². The fraction of sp³-hybridized carbons (Fsp3) is 0. The molecule has 0 N–H and O–H groups in total. The molecule has 3 aromatic heterocycles. The SMILES string of the molecule is c1ccc(-c2ccc(-c3nc(-c4ccccc4)nc(-c4ccc(-n5c6ccccc6c6cc7ccccc7cc65)c(-c5cccc6sc7ccc8ccccc8c7c56)c4)n3)cc2)cc1. The van der Waals surface area contributed by atoms with E-state index in [0.29, 0.717) is 17.5 Å². The van der Waals surface area contributed by atoms with Crippen LogP contribution in [0.25, 0.3) is 126 Å². The summed E-state index contributed by atoms with van der Waals surface area (Å²) in [6.45, 7) is 0. The van der Waals surface area contributed by atoms with E-state index in [0.717, 1.165) is 50.1 Å². The number of aromatic nitrogens is 4. The van der Waals surface area contributed by atoms with Gasteiger partial charge in [0.15, 0.2) is 17.5 Å². The van der Waals surface area contributed by atoms with Crippen molar-refractivity contribution in [2.75, 3.05) is 0 Å². The Hall–Kier alpha value is -8.25. The second-order valence-electron chi connectivity index (χ2n) is 16.4. The largest absolute Gasteiger partial charge is 0.309 e. The average Bonchev–Trinajstić information content (AvgIpc) is 3.92. The summed E-state index contributed by atoms with van der Waals surface area (Å²) in [5.41, 5.74) is 10.8. The molecule has 0 saturated heterocycles. The van der Waals surface area contributed by atoms with E-state index in [-0.39, 0.29) is 0 Å². The Morgan fingerprint density at radius 1 is 0.312 bits per heavy atom. The third-order valence-corrected chi connectivity index (χ3v) is 13.8. The number of fused-ring (bicyclic) bond motifs is 9. The maximum atomic E-state index is 5.28. The summed E-state index contributed by atoms with van der Waals surface area (Å²) in [6.07, 6.45) is 0. The summed E-state index contributed by atoms with van der Waals surface area (Å²) in [4.78, 5) is 15.6. The van der Waals surface area contributed by atoms with Gasteiger partial charge in [0.2, 0.25) is 0 Å². The molecule has 0 atom stereocenters. The van der Waals surface area contributed by atoms with Gasteiger partial charge in [-0.05, 0) is 86.8 Å². The fourth-order valence-corrected chi connectivity index (χ4v) is 10.8. The summed E-state index contributed by atoms with van der Waals surface area (Å²) in [5.74, 6) is 1.87. The molecular weight excluding hydrogens is 797 g/mol. The molecular formula is C59H36N4S. The Balaban J connectivity index is 1.10. The van der Waals surface area contributed by atoms with Crippen LogP contribution in [0, 0.1) is 0 Å². The molecule has 10 aromatic carbocycles. The van der Waals surface area contributed by atoms with Crippen LogP contribution >= 0.6 is 11.3 Å². The van der Waals surface area contributed by atoms with Gasteiger partial charge in [0.1, 0.15) is 0 Å². The lowest BCUT2D eigenvalue weighted by atomic mass is 9.94.